The second kappa shape index (κ2) is 7.08. The minimum atomic E-state index is -0.422. The van der Waals surface area contributed by atoms with E-state index in [1.165, 1.54) is 18.0 Å². The van der Waals surface area contributed by atoms with Crippen LogP contribution < -0.4 is 15.4 Å². The average molecular weight is 367 g/mol. The van der Waals surface area contributed by atoms with Crippen molar-refractivity contribution in [2.24, 2.45) is 7.05 Å². The number of amides is 2. The molecular formula is C14H15BrN4O3. The molecule has 0 spiro atoms. The minimum Gasteiger partial charge on any atom is -0.479 e. The first kappa shape index (κ1) is 16.0. The van der Waals surface area contributed by atoms with Gasteiger partial charge in [0.2, 0.25) is 11.8 Å². The summed E-state index contributed by atoms with van der Waals surface area (Å²) in [6.45, 7) is -0.149. The Morgan fingerprint density at radius 1 is 1.41 bits per heavy atom. The number of carbonyl (C=O) groups is 2. The van der Waals surface area contributed by atoms with Crippen LogP contribution in [0.2, 0.25) is 0 Å². The van der Waals surface area contributed by atoms with E-state index in [2.05, 4.69) is 31.7 Å². The van der Waals surface area contributed by atoms with Gasteiger partial charge in [-0.1, -0.05) is 22.0 Å². The first-order chi connectivity index (χ1) is 10.5. The van der Waals surface area contributed by atoms with E-state index < -0.39 is 5.91 Å². The van der Waals surface area contributed by atoms with Gasteiger partial charge in [0.1, 0.15) is 5.56 Å². The van der Waals surface area contributed by atoms with Crippen LogP contribution in [0.5, 0.6) is 5.88 Å². The molecule has 2 aromatic rings. The first-order valence-electron chi connectivity index (χ1n) is 6.41. The number of nitrogens with one attached hydrogen (secondary N) is 2. The van der Waals surface area contributed by atoms with Gasteiger partial charge < -0.3 is 15.4 Å². The summed E-state index contributed by atoms with van der Waals surface area (Å²) in [6.07, 6.45) is 1.53. The van der Waals surface area contributed by atoms with Gasteiger partial charge >= 0.3 is 0 Å². The highest BCUT2D eigenvalue weighted by Crippen LogP contribution is 2.16. The molecule has 1 aromatic carbocycles. The zero-order valence-electron chi connectivity index (χ0n) is 12.1. The van der Waals surface area contributed by atoms with E-state index in [0.717, 1.165) is 4.47 Å². The second-order valence-electron chi connectivity index (χ2n) is 4.47. The number of anilines is 1. The highest BCUT2D eigenvalue weighted by Gasteiger charge is 2.16. The summed E-state index contributed by atoms with van der Waals surface area (Å²) in [5.41, 5.74) is 0.924. The molecule has 0 saturated carbocycles. The molecule has 0 saturated heterocycles. The average Bonchev–Trinajstić information content (AvgIpc) is 2.86. The maximum Gasteiger partial charge on any atom is 0.258 e. The van der Waals surface area contributed by atoms with Gasteiger partial charge in [0.25, 0.3) is 5.91 Å². The summed E-state index contributed by atoms with van der Waals surface area (Å²) in [5.74, 6) is -0.531. The lowest BCUT2D eigenvalue weighted by molar-refractivity contribution is -0.115. The molecule has 8 heteroatoms. The molecule has 0 aliphatic carbocycles. The van der Waals surface area contributed by atoms with Gasteiger partial charge in [-0.05, 0) is 18.2 Å². The van der Waals surface area contributed by atoms with Crippen LogP contribution in [0.15, 0.2) is 34.9 Å². The molecule has 0 radical (unpaired) electrons. The number of aryl methyl sites for hydroxylation is 1. The summed E-state index contributed by atoms with van der Waals surface area (Å²) in [5, 5.41) is 9.20. The first-order valence-corrected chi connectivity index (χ1v) is 7.20. The number of hydrogen-bond acceptors (Lipinski definition) is 4. The zero-order chi connectivity index (χ0) is 16.1. The third kappa shape index (κ3) is 4.08. The van der Waals surface area contributed by atoms with Gasteiger partial charge in [-0.15, -0.1) is 5.10 Å². The molecule has 22 heavy (non-hydrogen) atoms. The largest absolute Gasteiger partial charge is 0.479 e. The summed E-state index contributed by atoms with van der Waals surface area (Å²) < 4.78 is 7.33. The minimum absolute atomic E-state index is 0.149. The van der Waals surface area contributed by atoms with Crippen molar-refractivity contribution in [3.05, 3.63) is 40.5 Å². The van der Waals surface area contributed by atoms with Crippen LogP contribution in [0.25, 0.3) is 0 Å². The Morgan fingerprint density at radius 3 is 2.86 bits per heavy atom. The molecule has 0 fully saturated rings. The number of methoxy groups -OCH3 is 1. The lowest BCUT2D eigenvalue weighted by Crippen LogP contribution is -2.32. The van der Waals surface area contributed by atoms with Crippen LogP contribution in [-0.4, -0.2) is 35.2 Å². The zero-order valence-corrected chi connectivity index (χ0v) is 13.7. The van der Waals surface area contributed by atoms with Crippen LogP contribution >= 0.6 is 15.9 Å². The number of halogens is 1. The Morgan fingerprint density at radius 2 is 2.18 bits per heavy atom. The second-order valence-corrected chi connectivity index (χ2v) is 5.38. The lowest BCUT2D eigenvalue weighted by Gasteiger charge is -2.07. The summed E-state index contributed by atoms with van der Waals surface area (Å²) >= 11 is 3.32. The maximum absolute atomic E-state index is 12.0. The molecule has 116 valence electrons. The van der Waals surface area contributed by atoms with Crippen molar-refractivity contribution in [1.82, 2.24) is 15.1 Å². The highest BCUT2D eigenvalue weighted by atomic mass is 79.9. The molecule has 2 N–H and O–H groups in total. The van der Waals surface area contributed by atoms with Crippen LogP contribution in [-0.2, 0) is 11.8 Å². The number of hydrogen-bond donors (Lipinski definition) is 2. The fourth-order valence-electron chi connectivity index (χ4n) is 1.80. The third-order valence-electron chi connectivity index (χ3n) is 2.75. The number of rotatable bonds is 5. The van der Waals surface area contributed by atoms with Gasteiger partial charge in [0.05, 0.1) is 13.7 Å². The quantitative estimate of drug-likeness (QED) is 0.840. The number of aromatic nitrogens is 2. The normalized spacial score (nSPS) is 10.1. The van der Waals surface area contributed by atoms with Crippen molar-refractivity contribution in [2.45, 2.75) is 0 Å². The summed E-state index contributed by atoms with van der Waals surface area (Å²) in [4.78, 5) is 23.8. The number of carbonyl (C=O) groups excluding carboxylic acids is 2. The Kier molecular flexibility index (Phi) is 5.16. The molecule has 2 rings (SSSR count). The van der Waals surface area contributed by atoms with Crippen LogP contribution in [0, 0.1) is 0 Å². The molecule has 7 nitrogen and oxygen atoms in total. The van der Waals surface area contributed by atoms with E-state index in [0.29, 0.717) is 5.69 Å². The number of nitrogens with zero attached hydrogens (tertiary/aromatic N) is 2. The maximum atomic E-state index is 12.0. The van der Waals surface area contributed by atoms with E-state index in [-0.39, 0.29) is 23.9 Å². The van der Waals surface area contributed by atoms with Crippen molar-refractivity contribution < 1.29 is 14.3 Å². The number of benzene rings is 1. The predicted molar refractivity (Wildman–Crippen MR) is 84.9 cm³/mol. The van der Waals surface area contributed by atoms with Crippen molar-refractivity contribution in [1.29, 1.82) is 0 Å². The molecular weight excluding hydrogens is 352 g/mol. The molecule has 0 bridgehead atoms. The van der Waals surface area contributed by atoms with Gasteiger partial charge in [-0.3, -0.25) is 14.3 Å². The smallest absolute Gasteiger partial charge is 0.258 e. The Labute approximate surface area is 135 Å². The van der Waals surface area contributed by atoms with Crippen molar-refractivity contribution in [3.63, 3.8) is 0 Å². The molecule has 0 aliphatic rings. The van der Waals surface area contributed by atoms with E-state index in [1.807, 2.05) is 6.07 Å². The standard InChI is InChI=1S/C14H15BrN4O3/c1-19-8-11(14(18-19)22-2)13(21)16-7-12(20)17-10-5-3-4-9(15)6-10/h3-6,8H,7H2,1-2H3,(H,16,21)(H,17,20). The molecule has 1 heterocycles. The van der Waals surface area contributed by atoms with Crippen molar-refractivity contribution in [2.75, 3.05) is 19.0 Å². The van der Waals surface area contributed by atoms with Gasteiger partial charge in [0, 0.05) is 23.4 Å². The predicted octanol–water partition coefficient (Wildman–Crippen LogP) is 1.56. The summed E-state index contributed by atoms with van der Waals surface area (Å²) in [6, 6.07) is 7.18. The fraction of sp³-hybridized carbons (Fsp3) is 0.214. The van der Waals surface area contributed by atoms with E-state index in [4.69, 9.17) is 4.74 Å². The SMILES string of the molecule is COc1nn(C)cc1C(=O)NCC(=O)Nc1cccc(Br)c1. The Balaban J connectivity index is 1.92. The molecule has 1 aromatic heterocycles. The van der Waals surface area contributed by atoms with Gasteiger partial charge in [0.15, 0.2) is 0 Å². The van der Waals surface area contributed by atoms with E-state index >= 15 is 0 Å². The lowest BCUT2D eigenvalue weighted by atomic mass is 10.3. The van der Waals surface area contributed by atoms with E-state index in [9.17, 15) is 9.59 Å². The molecule has 0 aliphatic heterocycles. The Bertz CT molecular complexity index is 699. The van der Waals surface area contributed by atoms with Gasteiger partial charge in [-0.2, -0.15) is 0 Å². The van der Waals surface area contributed by atoms with Gasteiger partial charge in [-0.25, -0.2) is 0 Å². The molecule has 0 atom stereocenters. The van der Waals surface area contributed by atoms with Crippen molar-refractivity contribution >= 4 is 33.4 Å². The fourth-order valence-corrected chi connectivity index (χ4v) is 2.20. The molecule has 0 unspecified atom stereocenters. The molecule has 2 amide bonds. The third-order valence-corrected chi connectivity index (χ3v) is 3.24. The highest BCUT2D eigenvalue weighted by molar-refractivity contribution is 9.10. The van der Waals surface area contributed by atoms with Crippen LogP contribution in [0.3, 0.4) is 0 Å². The van der Waals surface area contributed by atoms with Crippen LogP contribution in [0.1, 0.15) is 10.4 Å². The van der Waals surface area contributed by atoms with E-state index in [1.54, 1.807) is 25.2 Å². The Hall–Kier alpha value is -2.35. The van der Waals surface area contributed by atoms with Crippen molar-refractivity contribution in [3.8, 4) is 5.88 Å². The monoisotopic (exact) mass is 366 g/mol. The summed E-state index contributed by atoms with van der Waals surface area (Å²) in [7, 11) is 3.11. The topological polar surface area (TPSA) is 85.2 Å². The van der Waals surface area contributed by atoms with Crippen LogP contribution in [0.4, 0.5) is 5.69 Å². The number of ether oxygens (including phenoxy) is 1.